The Morgan fingerprint density at radius 2 is 2.10 bits per heavy atom. The molecule has 0 bridgehead atoms. The van der Waals surface area contributed by atoms with Crippen molar-refractivity contribution >= 4 is 11.7 Å². The first-order valence-electron chi connectivity index (χ1n) is 6.12. The number of anilines is 1. The van der Waals surface area contributed by atoms with Gasteiger partial charge in [0.05, 0.1) is 11.1 Å². The van der Waals surface area contributed by atoms with Gasteiger partial charge in [0.1, 0.15) is 0 Å². The van der Waals surface area contributed by atoms with Crippen LogP contribution in [0.1, 0.15) is 29.3 Å². The molecule has 0 aliphatic heterocycles. The highest BCUT2D eigenvalue weighted by Gasteiger charge is 2.31. The molecule has 0 heterocycles. The van der Waals surface area contributed by atoms with Crippen LogP contribution in [0.5, 0.6) is 0 Å². The minimum absolute atomic E-state index is 0.169. The number of ether oxygens (including phenoxy) is 1. The zero-order valence-corrected chi connectivity index (χ0v) is 11.0. The number of carboxylic acid groups (broad SMARTS) is 1. The molecule has 0 aliphatic carbocycles. The summed E-state index contributed by atoms with van der Waals surface area (Å²) >= 11 is 0. The molecule has 20 heavy (non-hydrogen) atoms. The molecular weight excluding hydrogens is 275 g/mol. The van der Waals surface area contributed by atoms with Gasteiger partial charge in [-0.25, -0.2) is 4.79 Å². The Kier molecular flexibility index (Phi) is 5.82. The minimum Gasteiger partial charge on any atom is -0.478 e. The fourth-order valence-electron chi connectivity index (χ4n) is 1.59. The summed E-state index contributed by atoms with van der Waals surface area (Å²) in [6.07, 6.45) is -3.92. The molecule has 0 saturated heterocycles. The highest BCUT2D eigenvalue weighted by molar-refractivity contribution is 5.94. The number of benzene rings is 1. The predicted octanol–water partition coefficient (Wildman–Crippen LogP) is 3.24. The number of aromatic carboxylic acids is 1. The molecule has 2 N–H and O–H groups in total. The van der Waals surface area contributed by atoms with Crippen LogP contribution < -0.4 is 5.32 Å². The molecule has 0 fully saturated rings. The first-order valence-corrected chi connectivity index (χ1v) is 6.12. The van der Waals surface area contributed by atoms with Crippen molar-refractivity contribution in [3.05, 3.63) is 29.3 Å². The van der Waals surface area contributed by atoms with E-state index in [1.807, 2.05) is 6.92 Å². The summed E-state index contributed by atoms with van der Waals surface area (Å²) in [7, 11) is 0. The Bertz CT molecular complexity index is 461. The average Bonchev–Trinajstić information content (AvgIpc) is 2.37. The second-order valence-corrected chi connectivity index (χ2v) is 4.04. The summed E-state index contributed by atoms with van der Waals surface area (Å²) < 4.78 is 42.7. The first-order chi connectivity index (χ1) is 9.36. The molecule has 0 aromatic heterocycles. The largest absolute Gasteiger partial charge is 0.478 e. The number of alkyl halides is 3. The van der Waals surface area contributed by atoms with Crippen LogP contribution in [0.3, 0.4) is 0 Å². The van der Waals surface area contributed by atoms with Gasteiger partial charge in [-0.05, 0) is 31.5 Å². The molecule has 0 aliphatic rings. The van der Waals surface area contributed by atoms with Crippen molar-refractivity contribution in [1.82, 2.24) is 0 Å². The molecule has 0 saturated carbocycles. The lowest BCUT2D eigenvalue weighted by atomic mass is 10.1. The highest BCUT2D eigenvalue weighted by atomic mass is 19.4. The molecule has 0 unspecified atom stereocenters. The first kappa shape index (κ1) is 16.3. The van der Waals surface area contributed by atoms with E-state index in [1.54, 1.807) is 0 Å². The standard InChI is InChI=1S/C13H16F3NO3/c1-2-20-7-3-6-17-11-5-4-9(13(14,15)16)8-10(11)12(18)19/h4-5,8,17H,2-3,6-7H2,1H3,(H,18,19). The van der Waals surface area contributed by atoms with E-state index < -0.39 is 23.3 Å². The van der Waals surface area contributed by atoms with Gasteiger partial charge in [0.25, 0.3) is 0 Å². The number of rotatable bonds is 7. The van der Waals surface area contributed by atoms with E-state index >= 15 is 0 Å². The molecule has 112 valence electrons. The van der Waals surface area contributed by atoms with E-state index in [9.17, 15) is 18.0 Å². The number of halogens is 3. The van der Waals surface area contributed by atoms with Gasteiger partial charge < -0.3 is 15.2 Å². The summed E-state index contributed by atoms with van der Waals surface area (Å²) in [5, 5.41) is 11.8. The van der Waals surface area contributed by atoms with Gasteiger partial charge in [0.15, 0.2) is 0 Å². The van der Waals surface area contributed by atoms with Gasteiger partial charge in [-0.2, -0.15) is 13.2 Å². The molecule has 0 spiro atoms. The van der Waals surface area contributed by atoms with Crippen LogP contribution in [0.25, 0.3) is 0 Å². The second kappa shape index (κ2) is 7.14. The quantitative estimate of drug-likeness (QED) is 0.757. The van der Waals surface area contributed by atoms with Gasteiger partial charge in [-0.1, -0.05) is 0 Å². The Labute approximate surface area is 114 Å². The smallest absolute Gasteiger partial charge is 0.416 e. The number of hydrogen-bond donors (Lipinski definition) is 2. The lowest BCUT2D eigenvalue weighted by molar-refractivity contribution is -0.137. The molecule has 0 radical (unpaired) electrons. The van der Waals surface area contributed by atoms with Crippen LogP contribution in [-0.2, 0) is 10.9 Å². The Hall–Kier alpha value is -1.76. The molecule has 1 aromatic rings. The van der Waals surface area contributed by atoms with Crippen LogP contribution in [0, 0.1) is 0 Å². The number of carbonyl (C=O) groups is 1. The van der Waals surface area contributed by atoms with Gasteiger partial charge in [-0.3, -0.25) is 0 Å². The lowest BCUT2D eigenvalue weighted by Gasteiger charge is -2.13. The summed E-state index contributed by atoms with van der Waals surface area (Å²) in [4.78, 5) is 11.0. The van der Waals surface area contributed by atoms with E-state index in [4.69, 9.17) is 9.84 Å². The van der Waals surface area contributed by atoms with Gasteiger partial charge >= 0.3 is 12.1 Å². The van der Waals surface area contributed by atoms with E-state index in [-0.39, 0.29) is 5.69 Å². The zero-order chi connectivity index (χ0) is 15.2. The highest BCUT2D eigenvalue weighted by Crippen LogP contribution is 2.31. The molecule has 7 heteroatoms. The van der Waals surface area contributed by atoms with E-state index in [0.29, 0.717) is 32.2 Å². The van der Waals surface area contributed by atoms with Crippen LogP contribution in [0.15, 0.2) is 18.2 Å². The maximum atomic E-state index is 12.5. The van der Waals surface area contributed by atoms with Crippen LogP contribution in [0.2, 0.25) is 0 Å². The van der Waals surface area contributed by atoms with E-state index in [1.165, 1.54) is 0 Å². The molecule has 1 aromatic carbocycles. The van der Waals surface area contributed by atoms with Crippen LogP contribution in [0.4, 0.5) is 18.9 Å². The van der Waals surface area contributed by atoms with Gasteiger partial charge in [0.2, 0.25) is 0 Å². The monoisotopic (exact) mass is 291 g/mol. The van der Waals surface area contributed by atoms with Gasteiger partial charge in [0, 0.05) is 25.4 Å². The van der Waals surface area contributed by atoms with Gasteiger partial charge in [-0.15, -0.1) is 0 Å². The fraction of sp³-hybridized carbons (Fsp3) is 0.462. The third-order valence-electron chi connectivity index (χ3n) is 2.56. The zero-order valence-electron chi connectivity index (χ0n) is 11.0. The second-order valence-electron chi connectivity index (χ2n) is 4.04. The maximum absolute atomic E-state index is 12.5. The topological polar surface area (TPSA) is 58.6 Å². The summed E-state index contributed by atoms with van der Waals surface area (Å²) in [6.45, 7) is 3.37. The van der Waals surface area contributed by atoms with Crippen molar-refractivity contribution in [3.63, 3.8) is 0 Å². The SMILES string of the molecule is CCOCCCNc1ccc(C(F)(F)F)cc1C(=O)O. The molecule has 4 nitrogen and oxygen atoms in total. The summed E-state index contributed by atoms with van der Waals surface area (Å²) in [5.74, 6) is -1.40. The third-order valence-corrected chi connectivity index (χ3v) is 2.56. The Morgan fingerprint density at radius 1 is 1.40 bits per heavy atom. The molecular formula is C13H16F3NO3. The molecule has 0 amide bonds. The van der Waals surface area contributed by atoms with E-state index in [0.717, 1.165) is 12.1 Å². The van der Waals surface area contributed by atoms with E-state index in [2.05, 4.69) is 5.32 Å². The summed E-state index contributed by atoms with van der Waals surface area (Å²) in [5.41, 5.74) is -1.20. The third kappa shape index (κ3) is 4.73. The normalized spacial score (nSPS) is 11.4. The van der Waals surface area contributed by atoms with Crippen molar-refractivity contribution in [1.29, 1.82) is 0 Å². The minimum atomic E-state index is -4.56. The van der Waals surface area contributed by atoms with Crippen LogP contribution in [-0.4, -0.2) is 30.8 Å². The molecule has 1 rings (SSSR count). The predicted molar refractivity (Wildman–Crippen MR) is 68.0 cm³/mol. The number of carboxylic acids is 1. The maximum Gasteiger partial charge on any atom is 0.416 e. The Balaban J connectivity index is 2.78. The van der Waals surface area contributed by atoms with Crippen molar-refractivity contribution in [3.8, 4) is 0 Å². The summed E-state index contributed by atoms with van der Waals surface area (Å²) in [6, 6.07) is 2.62. The van der Waals surface area contributed by atoms with Crippen molar-refractivity contribution in [2.75, 3.05) is 25.1 Å². The fourth-order valence-corrected chi connectivity index (χ4v) is 1.59. The number of hydrogen-bond acceptors (Lipinski definition) is 3. The van der Waals surface area contributed by atoms with Crippen molar-refractivity contribution < 1.29 is 27.8 Å². The number of nitrogens with one attached hydrogen (secondary N) is 1. The average molecular weight is 291 g/mol. The lowest BCUT2D eigenvalue weighted by Crippen LogP contribution is -2.12. The molecule has 0 atom stereocenters. The van der Waals surface area contributed by atoms with Crippen LogP contribution >= 0.6 is 0 Å². The van der Waals surface area contributed by atoms with Crippen molar-refractivity contribution in [2.24, 2.45) is 0 Å². The van der Waals surface area contributed by atoms with Crippen molar-refractivity contribution in [2.45, 2.75) is 19.5 Å². The Morgan fingerprint density at radius 3 is 2.65 bits per heavy atom.